The highest BCUT2D eigenvalue weighted by atomic mass is 19.2. The first kappa shape index (κ1) is 11.4. The molecule has 0 fully saturated rings. The van der Waals surface area contributed by atoms with Crippen LogP contribution in [-0.2, 0) is 0 Å². The van der Waals surface area contributed by atoms with Crippen LogP contribution in [-0.4, -0.2) is 4.98 Å². The van der Waals surface area contributed by atoms with E-state index in [0.717, 1.165) is 12.1 Å². The van der Waals surface area contributed by atoms with Crippen molar-refractivity contribution in [2.75, 3.05) is 5.32 Å². The molecular weight excluding hydrogens is 236 g/mol. The Bertz CT molecular complexity index is 540. The minimum atomic E-state index is -1.53. The van der Waals surface area contributed by atoms with Crippen LogP contribution in [0.25, 0.3) is 0 Å². The normalized spacial score (nSPS) is 10.4. The fraction of sp³-hybridized carbons (Fsp3) is 0. The minimum absolute atomic E-state index is 0.301. The molecule has 2 rings (SSSR count). The lowest BCUT2D eigenvalue weighted by Gasteiger charge is -2.07. The van der Waals surface area contributed by atoms with E-state index in [1.807, 2.05) is 0 Å². The summed E-state index contributed by atoms with van der Waals surface area (Å²) >= 11 is 0. The lowest BCUT2D eigenvalue weighted by Crippen LogP contribution is -2.01. The van der Waals surface area contributed by atoms with Gasteiger partial charge in [0.2, 0.25) is 11.8 Å². The fourth-order valence-corrected chi connectivity index (χ4v) is 1.25. The van der Waals surface area contributed by atoms with Crippen molar-refractivity contribution in [2.24, 2.45) is 0 Å². The molecule has 1 heterocycles. The Morgan fingerprint density at radius 3 is 2.24 bits per heavy atom. The molecule has 0 aliphatic heterocycles. The molecule has 0 bridgehead atoms. The summed E-state index contributed by atoms with van der Waals surface area (Å²) in [6.07, 6.45) is 0. The monoisotopic (exact) mass is 242 g/mol. The molecular formula is C11H6F4N2. The van der Waals surface area contributed by atoms with Crippen LogP contribution in [0.1, 0.15) is 0 Å². The number of nitrogens with one attached hydrogen (secondary N) is 1. The number of anilines is 2. The molecule has 0 amide bonds. The van der Waals surface area contributed by atoms with E-state index in [4.69, 9.17) is 0 Å². The number of nitrogens with zero attached hydrogens (tertiary/aromatic N) is 1. The quantitative estimate of drug-likeness (QED) is 0.645. The Kier molecular flexibility index (Phi) is 2.95. The predicted octanol–water partition coefficient (Wildman–Crippen LogP) is 3.38. The van der Waals surface area contributed by atoms with Gasteiger partial charge in [0.1, 0.15) is 5.82 Å². The molecule has 0 spiro atoms. The maximum atomic E-state index is 13.2. The third kappa shape index (κ3) is 2.52. The number of benzene rings is 1. The van der Waals surface area contributed by atoms with Gasteiger partial charge in [-0.25, -0.2) is 4.39 Å². The largest absolute Gasteiger partial charge is 0.353 e. The second-order valence-electron chi connectivity index (χ2n) is 3.23. The zero-order valence-electron chi connectivity index (χ0n) is 8.35. The van der Waals surface area contributed by atoms with Crippen LogP contribution in [0.3, 0.4) is 0 Å². The van der Waals surface area contributed by atoms with Crippen molar-refractivity contribution < 1.29 is 17.6 Å². The summed E-state index contributed by atoms with van der Waals surface area (Å²) in [6, 6.07) is 5.60. The first-order valence-corrected chi connectivity index (χ1v) is 4.60. The van der Waals surface area contributed by atoms with Crippen LogP contribution in [0.4, 0.5) is 28.9 Å². The molecule has 2 nitrogen and oxygen atoms in total. The lowest BCUT2D eigenvalue weighted by atomic mass is 10.3. The van der Waals surface area contributed by atoms with Crippen LogP contribution in [0.15, 0.2) is 30.3 Å². The third-order valence-electron chi connectivity index (χ3n) is 2.01. The van der Waals surface area contributed by atoms with E-state index in [9.17, 15) is 17.6 Å². The van der Waals surface area contributed by atoms with Gasteiger partial charge in [-0.2, -0.15) is 18.2 Å². The van der Waals surface area contributed by atoms with Crippen molar-refractivity contribution in [1.82, 2.24) is 4.98 Å². The Hall–Kier alpha value is -2.11. The van der Waals surface area contributed by atoms with Gasteiger partial charge in [-0.05, 0) is 24.3 Å². The third-order valence-corrected chi connectivity index (χ3v) is 2.01. The summed E-state index contributed by atoms with van der Waals surface area (Å²) in [5.41, 5.74) is -0.100. The van der Waals surface area contributed by atoms with E-state index in [-0.39, 0.29) is 0 Å². The molecule has 1 N–H and O–H groups in total. The number of hydrogen-bond acceptors (Lipinski definition) is 2. The van der Waals surface area contributed by atoms with Crippen LogP contribution in [0, 0.1) is 23.5 Å². The molecule has 88 valence electrons. The van der Waals surface area contributed by atoms with Gasteiger partial charge in [0.25, 0.3) is 5.95 Å². The highest BCUT2D eigenvalue weighted by molar-refractivity contribution is 5.59. The zero-order valence-corrected chi connectivity index (χ0v) is 8.35. The van der Waals surface area contributed by atoms with Gasteiger partial charge in [0, 0.05) is 11.8 Å². The van der Waals surface area contributed by atoms with Gasteiger partial charge in [-0.1, -0.05) is 0 Å². The highest BCUT2D eigenvalue weighted by Crippen LogP contribution is 2.21. The number of hydrogen-bond donors (Lipinski definition) is 1. The summed E-state index contributed by atoms with van der Waals surface area (Å²) in [5.74, 6) is -4.44. The standard InChI is InChI=1S/C11H6F4N2/c12-6-1-3-7(4-2-6)16-8-5-9(13)17-11(15)10(8)14/h1-5H,(H,16,17). The van der Waals surface area contributed by atoms with E-state index in [0.29, 0.717) is 11.8 Å². The summed E-state index contributed by atoms with van der Waals surface area (Å²) < 4.78 is 51.3. The second kappa shape index (κ2) is 4.40. The first-order chi connectivity index (χ1) is 8.06. The van der Waals surface area contributed by atoms with Gasteiger partial charge >= 0.3 is 0 Å². The van der Waals surface area contributed by atoms with E-state index in [2.05, 4.69) is 10.3 Å². The molecule has 2 aromatic rings. The molecule has 0 saturated carbocycles. The average molecular weight is 242 g/mol. The molecule has 6 heteroatoms. The molecule has 17 heavy (non-hydrogen) atoms. The van der Waals surface area contributed by atoms with Crippen LogP contribution < -0.4 is 5.32 Å². The average Bonchev–Trinajstić information content (AvgIpc) is 2.28. The highest BCUT2D eigenvalue weighted by Gasteiger charge is 2.12. The summed E-state index contributed by atoms with van der Waals surface area (Å²) in [5, 5.41) is 2.42. The summed E-state index contributed by atoms with van der Waals surface area (Å²) in [6.45, 7) is 0. The van der Waals surface area contributed by atoms with Gasteiger partial charge in [-0.15, -0.1) is 0 Å². The van der Waals surface area contributed by atoms with Crippen molar-refractivity contribution in [3.05, 3.63) is 53.9 Å². The molecule has 0 unspecified atom stereocenters. The van der Waals surface area contributed by atoms with Gasteiger partial charge < -0.3 is 5.32 Å². The summed E-state index contributed by atoms with van der Waals surface area (Å²) in [7, 11) is 0. The van der Waals surface area contributed by atoms with Crippen molar-refractivity contribution in [3.63, 3.8) is 0 Å². The smallest absolute Gasteiger partial charge is 0.253 e. The number of halogens is 4. The van der Waals surface area contributed by atoms with Gasteiger partial charge in [0.05, 0.1) is 5.69 Å². The van der Waals surface area contributed by atoms with E-state index < -0.39 is 29.2 Å². The number of pyridine rings is 1. The molecule has 0 saturated heterocycles. The SMILES string of the molecule is Fc1ccc(Nc2cc(F)nc(F)c2F)cc1. The molecule has 0 aliphatic rings. The first-order valence-electron chi connectivity index (χ1n) is 4.60. The lowest BCUT2D eigenvalue weighted by molar-refractivity contribution is 0.450. The summed E-state index contributed by atoms with van der Waals surface area (Å²) in [4.78, 5) is 2.68. The van der Waals surface area contributed by atoms with Crippen molar-refractivity contribution in [1.29, 1.82) is 0 Å². The minimum Gasteiger partial charge on any atom is -0.353 e. The number of aromatic nitrogens is 1. The molecule has 1 aromatic carbocycles. The molecule has 0 aliphatic carbocycles. The fourth-order valence-electron chi connectivity index (χ4n) is 1.25. The van der Waals surface area contributed by atoms with Crippen LogP contribution in [0.2, 0.25) is 0 Å². The second-order valence-corrected chi connectivity index (χ2v) is 3.23. The van der Waals surface area contributed by atoms with Crippen molar-refractivity contribution >= 4 is 11.4 Å². The van der Waals surface area contributed by atoms with Gasteiger partial charge in [-0.3, -0.25) is 0 Å². The van der Waals surface area contributed by atoms with Crippen molar-refractivity contribution in [3.8, 4) is 0 Å². The maximum absolute atomic E-state index is 13.2. The Balaban J connectivity index is 2.32. The predicted molar refractivity (Wildman–Crippen MR) is 53.8 cm³/mol. The Labute approximate surface area is 93.9 Å². The Morgan fingerprint density at radius 2 is 1.59 bits per heavy atom. The molecule has 1 aromatic heterocycles. The molecule has 0 radical (unpaired) electrons. The van der Waals surface area contributed by atoms with E-state index in [1.165, 1.54) is 12.1 Å². The van der Waals surface area contributed by atoms with Crippen LogP contribution >= 0.6 is 0 Å². The van der Waals surface area contributed by atoms with Gasteiger partial charge in [0.15, 0.2) is 0 Å². The van der Waals surface area contributed by atoms with Crippen molar-refractivity contribution in [2.45, 2.75) is 0 Å². The van der Waals surface area contributed by atoms with E-state index in [1.54, 1.807) is 0 Å². The maximum Gasteiger partial charge on any atom is 0.253 e. The van der Waals surface area contributed by atoms with Crippen LogP contribution in [0.5, 0.6) is 0 Å². The Morgan fingerprint density at radius 1 is 0.941 bits per heavy atom. The number of rotatable bonds is 2. The topological polar surface area (TPSA) is 24.9 Å². The molecule has 0 atom stereocenters. The zero-order chi connectivity index (χ0) is 12.4. The van der Waals surface area contributed by atoms with E-state index >= 15 is 0 Å².